The maximum absolute atomic E-state index is 3.63. The molecule has 0 fully saturated rings. The maximum Gasteiger partial charge on any atom is 0.0180 e. The van der Waals surface area contributed by atoms with Crippen molar-refractivity contribution in [3.8, 4) is 0 Å². The zero-order chi connectivity index (χ0) is 13.8. The number of aryl methyl sites for hydroxylation is 1. The summed E-state index contributed by atoms with van der Waals surface area (Å²) in [4.78, 5) is 2.25. The molecule has 1 rings (SSSR count). The average Bonchev–Trinajstić information content (AvgIpc) is 2.22. The van der Waals surface area contributed by atoms with Crippen LogP contribution in [0.15, 0.2) is 22.7 Å². The zero-order valence-corrected chi connectivity index (χ0v) is 14.0. The normalized spacial score (nSPS) is 12.2. The molecule has 1 aromatic rings. The molecule has 0 saturated carbocycles. The summed E-state index contributed by atoms with van der Waals surface area (Å²) < 4.78 is 1.21. The summed E-state index contributed by atoms with van der Waals surface area (Å²) in [5.74, 6) is 0. The molecule has 18 heavy (non-hydrogen) atoms. The number of nitrogens with zero attached hydrogens (tertiary/aromatic N) is 1. The summed E-state index contributed by atoms with van der Waals surface area (Å²) in [5.41, 5.74) is 3.09. The molecular weight excluding hydrogens is 286 g/mol. The van der Waals surface area contributed by atoms with Crippen LogP contribution in [0.4, 0.5) is 0 Å². The molecule has 0 unspecified atom stereocenters. The highest BCUT2D eigenvalue weighted by Gasteiger charge is 2.14. The lowest BCUT2D eigenvalue weighted by Crippen LogP contribution is -2.13. The van der Waals surface area contributed by atoms with Crippen LogP contribution in [-0.4, -0.2) is 25.5 Å². The maximum atomic E-state index is 3.63. The summed E-state index contributed by atoms with van der Waals surface area (Å²) in [6.07, 6.45) is 3.71. The Morgan fingerprint density at radius 2 is 1.72 bits per heavy atom. The van der Waals surface area contributed by atoms with Crippen molar-refractivity contribution in [2.45, 2.75) is 45.4 Å². The van der Waals surface area contributed by atoms with Crippen molar-refractivity contribution >= 4 is 15.9 Å². The summed E-state index contributed by atoms with van der Waals surface area (Å²) >= 11 is 3.63. The van der Waals surface area contributed by atoms with Gasteiger partial charge in [0.25, 0.3) is 0 Å². The second kappa shape index (κ2) is 6.72. The van der Waals surface area contributed by atoms with E-state index in [4.69, 9.17) is 0 Å². The van der Waals surface area contributed by atoms with Crippen molar-refractivity contribution < 1.29 is 0 Å². The molecule has 0 bridgehead atoms. The fraction of sp³-hybridized carbons (Fsp3) is 0.625. The third-order valence-corrected chi connectivity index (χ3v) is 3.60. The van der Waals surface area contributed by atoms with Crippen molar-refractivity contribution in [3.05, 3.63) is 33.8 Å². The summed E-state index contributed by atoms with van der Waals surface area (Å²) in [6, 6.07) is 6.86. The molecule has 0 amide bonds. The van der Waals surface area contributed by atoms with E-state index in [9.17, 15) is 0 Å². The predicted molar refractivity (Wildman–Crippen MR) is 84.3 cm³/mol. The monoisotopic (exact) mass is 311 g/mol. The van der Waals surface area contributed by atoms with E-state index in [0.717, 1.165) is 0 Å². The standard InChI is InChI=1S/C16H26BrN/c1-16(2,3)14-10-13(11-15(17)12-14)8-6-7-9-18(4)5/h10-12H,6-9H2,1-5H3. The van der Waals surface area contributed by atoms with Gasteiger partial charge in [-0.3, -0.25) is 0 Å². The second-order valence-corrected chi connectivity index (χ2v) is 7.27. The second-order valence-electron chi connectivity index (χ2n) is 6.36. The summed E-state index contributed by atoms with van der Waals surface area (Å²) in [7, 11) is 4.27. The van der Waals surface area contributed by atoms with Gasteiger partial charge in [0.1, 0.15) is 0 Å². The quantitative estimate of drug-likeness (QED) is 0.717. The smallest absolute Gasteiger partial charge is 0.0180 e. The van der Waals surface area contributed by atoms with E-state index < -0.39 is 0 Å². The molecular formula is C16H26BrN. The van der Waals surface area contributed by atoms with Gasteiger partial charge >= 0.3 is 0 Å². The molecule has 102 valence electrons. The molecule has 0 atom stereocenters. The highest BCUT2D eigenvalue weighted by atomic mass is 79.9. The first-order chi connectivity index (χ1) is 8.29. The predicted octanol–water partition coefficient (Wildman–Crippen LogP) is 4.63. The van der Waals surface area contributed by atoms with E-state index in [1.165, 1.54) is 41.4 Å². The fourth-order valence-corrected chi connectivity index (χ4v) is 2.53. The lowest BCUT2D eigenvalue weighted by atomic mass is 9.86. The number of unbranched alkanes of at least 4 members (excludes halogenated alkanes) is 1. The summed E-state index contributed by atoms with van der Waals surface area (Å²) in [5, 5.41) is 0. The van der Waals surface area contributed by atoms with Crippen molar-refractivity contribution in [1.29, 1.82) is 0 Å². The van der Waals surface area contributed by atoms with Gasteiger partial charge in [0.05, 0.1) is 0 Å². The minimum Gasteiger partial charge on any atom is -0.309 e. The van der Waals surface area contributed by atoms with Crippen molar-refractivity contribution in [2.24, 2.45) is 0 Å². The number of hydrogen-bond donors (Lipinski definition) is 0. The molecule has 1 aromatic carbocycles. The van der Waals surface area contributed by atoms with Crippen LogP contribution in [0.2, 0.25) is 0 Å². The Kier molecular flexibility index (Phi) is 5.87. The Balaban J connectivity index is 2.63. The molecule has 0 N–H and O–H groups in total. The van der Waals surface area contributed by atoms with Crippen LogP contribution >= 0.6 is 15.9 Å². The van der Waals surface area contributed by atoms with Crippen LogP contribution < -0.4 is 0 Å². The number of hydrogen-bond acceptors (Lipinski definition) is 1. The molecule has 0 aliphatic carbocycles. The first kappa shape index (κ1) is 15.7. The van der Waals surface area contributed by atoms with E-state index in [2.05, 4.69) is 73.9 Å². The van der Waals surface area contributed by atoms with Crippen molar-refractivity contribution in [1.82, 2.24) is 4.90 Å². The Morgan fingerprint density at radius 3 is 2.28 bits per heavy atom. The zero-order valence-electron chi connectivity index (χ0n) is 12.4. The van der Waals surface area contributed by atoms with Crippen LogP contribution in [0.3, 0.4) is 0 Å². The molecule has 0 spiro atoms. The first-order valence-electron chi connectivity index (χ1n) is 6.74. The highest BCUT2D eigenvalue weighted by molar-refractivity contribution is 9.10. The largest absolute Gasteiger partial charge is 0.309 e. The third-order valence-electron chi connectivity index (χ3n) is 3.14. The van der Waals surface area contributed by atoms with Gasteiger partial charge in [-0.25, -0.2) is 0 Å². The minimum atomic E-state index is 0.224. The molecule has 0 saturated heterocycles. The third kappa shape index (κ3) is 5.53. The number of halogens is 1. The lowest BCUT2D eigenvalue weighted by Gasteiger charge is -2.20. The van der Waals surface area contributed by atoms with Crippen molar-refractivity contribution in [3.63, 3.8) is 0 Å². The van der Waals surface area contributed by atoms with Gasteiger partial charge in [-0.2, -0.15) is 0 Å². The van der Waals surface area contributed by atoms with E-state index in [0.29, 0.717) is 0 Å². The van der Waals surface area contributed by atoms with Gasteiger partial charge < -0.3 is 4.90 Å². The summed E-state index contributed by atoms with van der Waals surface area (Å²) in [6.45, 7) is 7.99. The van der Waals surface area contributed by atoms with E-state index in [1.54, 1.807) is 0 Å². The molecule has 2 heteroatoms. The van der Waals surface area contributed by atoms with Gasteiger partial charge in [0, 0.05) is 4.47 Å². The lowest BCUT2D eigenvalue weighted by molar-refractivity contribution is 0.394. The van der Waals surface area contributed by atoms with E-state index >= 15 is 0 Å². The molecule has 0 aromatic heterocycles. The van der Waals surface area contributed by atoms with Crippen LogP contribution in [0.5, 0.6) is 0 Å². The SMILES string of the molecule is CN(C)CCCCc1cc(Br)cc(C(C)(C)C)c1. The van der Waals surface area contributed by atoms with Gasteiger partial charge in [0.15, 0.2) is 0 Å². The van der Waals surface area contributed by atoms with Crippen LogP contribution in [0.1, 0.15) is 44.7 Å². The number of benzene rings is 1. The van der Waals surface area contributed by atoms with Gasteiger partial charge in [-0.05, 0) is 68.6 Å². The molecule has 0 heterocycles. The molecule has 0 aliphatic rings. The van der Waals surface area contributed by atoms with Crippen LogP contribution in [0, 0.1) is 0 Å². The Morgan fingerprint density at radius 1 is 1.06 bits per heavy atom. The average molecular weight is 312 g/mol. The Labute approximate surface area is 121 Å². The van der Waals surface area contributed by atoms with E-state index in [1.807, 2.05) is 0 Å². The van der Waals surface area contributed by atoms with Gasteiger partial charge in [-0.15, -0.1) is 0 Å². The fourth-order valence-electron chi connectivity index (χ4n) is 1.98. The Hall–Kier alpha value is -0.340. The highest BCUT2D eigenvalue weighted by Crippen LogP contribution is 2.27. The number of rotatable bonds is 5. The molecule has 0 aliphatic heterocycles. The molecule has 0 radical (unpaired) electrons. The van der Waals surface area contributed by atoms with Gasteiger partial charge in [0.2, 0.25) is 0 Å². The first-order valence-corrected chi connectivity index (χ1v) is 7.53. The van der Waals surface area contributed by atoms with Crippen LogP contribution in [0.25, 0.3) is 0 Å². The topological polar surface area (TPSA) is 3.24 Å². The minimum absolute atomic E-state index is 0.224. The molecule has 1 nitrogen and oxygen atoms in total. The Bertz CT molecular complexity index is 377. The van der Waals surface area contributed by atoms with Crippen molar-refractivity contribution in [2.75, 3.05) is 20.6 Å². The van der Waals surface area contributed by atoms with E-state index in [-0.39, 0.29) is 5.41 Å². The van der Waals surface area contributed by atoms with Gasteiger partial charge in [-0.1, -0.05) is 42.8 Å². The van der Waals surface area contributed by atoms with Crippen LogP contribution in [-0.2, 0) is 11.8 Å².